The van der Waals surface area contributed by atoms with Crippen LogP contribution in [-0.4, -0.2) is 47.7 Å². The van der Waals surface area contributed by atoms with E-state index in [9.17, 15) is 14.4 Å². The van der Waals surface area contributed by atoms with E-state index >= 15 is 0 Å². The number of rotatable bonds is 7. The van der Waals surface area contributed by atoms with E-state index in [0.717, 1.165) is 57.8 Å². The molecular formula is C23H41N3O4. The highest BCUT2D eigenvalue weighted by atomic mass is 16.5. The predicted octanol–water partition coefficient (Wildman–Crippen LogP) is 4.60. The molecule has 7 heteroatoms. The third-order valence-corrected chi connectivity index (χ3v) is 6.08. The zero-order valence-corrected chi connectivity index (χ0v) is 19.2. The highest BCUT2D eigenvalue weighted by Crippen LogP contribution is 2.25. The van der Waals surface area contributed by atoms with Crippen LogP contribution in [0.25, 0.3) is 0 Å². The summed E-state index contributed by atoms with van der Waals surface area (Å²) in [4.78, 5) is 40.4. The molecule has 0 radical (unpaired) electrons. The van der Waals surface area contributed by atoms with Gasteiger partial charge in [0.25, 0.3) is 5.91 Å². The molecule has 0 aromatic rings. The lowest BCUT2D eigenvalue weighted by Crippen LogP contribution is -2.59. The molecule has 30 heavy (non-hydrogen) atoms. The van der Waals surface area contributed by atoms with Gasteiger partial charge < -0.3 is 15.4 Å². The van der Waals surface area contributed by atoms with Crippen molar-refractivity contribution >= 4 is 18.0 Å². The second-order valence-corrected chi connectivity index (χ2v) is 9.64. The van der Waals surface area contributed by atoms with Gasteiger partial charge in [-0.05, 0) is 37.5 Å². The maximum atomic E-state index is 13.5. The standard InChI is InChI=1S/C23H41N3O4/c1-16(2)15-30-23(29)25-20(17(3)4)21(27)26(19-13-9-6-10-14-19)22(28)24-18-11-7-5-8-12-18/h16-20H,5-15H2,1-4H3,(H,24,28)(H,25,29)/t20-/m0/s1. The Balaban J connectivity index is 2.13. The number of carbonyl (C=O) groups is 3. The first-order valence-electron chi connectivity index (χ1n) is 11.9. The molecule has 0 heterocycles. The Morgan fingerprint density at radius 2 is 1.47 bits per heavy atom. The van der Waals surface area contributed by atoms with Crippen LogP contribution in [0.5, 0.6) is 0 Å². The summed E-state index contributed by atoms with van der Waals surface area (Å²) in [7, 11) is 0. The fourth-order valence-corrected chi connectivity index (χ4v) is 4.35. The topological polar surface area (TPSA) is 87.7 Å². The fourth-order valence-electron chi connectivity index (χ4n) is 4.35. The number of amides is 4. The minimum atomic E-state index is -0.788. The molecule has 0 saturated heterocycles. The van der Waals surface area contributed by atoms with Crippen molar-refractivity contribution in [1.82, 2.24) is 15.5 Å². The fraction of sp³-hybridized carbons (Fsp3) is 0.870. The Morgan fingerprint density at radius 3 is 2.00 bits per heavy atom. The van der Waals surface area contributed by atoms with Gasteiger partial charge in [-0.1, -0.05) is 66.2 Å². The van der Waals surface area contributed by atoms with Gasteiger partial charge in [-0.25, -0.2) is 9.59 Å². The first-order valence-corrected chi connectivity index (χ1v) is 11.9. The van der Waals surface area contributed by atoms with Gasteiger partial charge in [-0.15, -0.1) is 0 Å². The minimum Gasteiger partial charge on any atom is -0.449 e. The molecule has 2 saturated carbocycles. The number of hydrogen-bond donors (Lipinski definition) is 2. The molecule has 2 N–H and O–H groups in total. The van der Waals surface area contributed by atoms with E-state index in [1.807, 2.05) is 27.7 Å². The van der Waals surface area contributed by atoms with Crippen LogP contribution in [0.4, 0.5) is 9.59 Å². The van der Waals surface area contributed by atoms with Crippen molar-refractivity contribution in [3.63, 3.8) is 0 Å². The Labute approximate surface area is 181 Å². The SMILES string of the molecule is CC(C)COC(=O)N[C@H](C(=O)N(C(=O)NC1CCCCC1)C1CCCCC1)C(C)C. The Kier molecular flexibility index (Phi) is 9.92. The molecule has 172 valence electrons. The Morgan fingerprint density at radius 1 is 0.900 bits per heavy atom. The molecule has 1 atom stereocenters. The first-order chi connectivity index (χ1) is 14.3. The van der Waals surface area contributed by atoms with Gasteiger partial charge in [0.15, 0.2) is 0 Å². The average Bonchev–Trinajstić information content (AvgIpc) is 2.71. The van der Waals surface area contributed by atoms with Gasteiger partial charge in [0.05, 0.1) is 6.61 Å². The number of carbonyl (C=O) groups excluding carboxylic acids is 3. The van der Waals surface area contributed by atoms with Crippen LogP contribution in [-0.2, 0) is 9.53 Å². The van der Waals surface area contributed by atoms with E-state index in [4.69, 9.17) is 4.74 Å². The van der Waals surface area contributed by atoms with E-state index < -0.39 is 12.1 Å². The number of alkyl carbamates (subject to hydrolysis) is 1. The van der Waals surface area contributed by atoms with Crippen LogP contribution in [0.2, 0.25) is 0 Å². The molecule has 2 rings (SSSR count). The summed E-state index contributed by atoms with van der Waals surface area (Å²) >= 11 is 0. The first kappa shape index (κ1) is 24.5. The van der Waals surface area contributed by atoms with Gasteiger partial charge >= 0.3 is 12.1 Å². The zero-order chi connectivity index (χ0) is 22.1. The second-order valence-electron chi connectivity index (χ2n) is 9.64. The lowest BCUT2D eigenvalue weighted by atomic mass is 9.92. The molecule has 0 aromatic heterocycles. The molecule has 2 fully saturated rings. The molecule has 7 nitrogen and oxygen atoms in total. The van der Waals surface area contributed by atoms with Crippen molar-refractivity contribution in [3.05, 3.63) is 0 Å². The van der Waals surface area contributed by atoms with E-state index in [2.05, 4.69) is 10.6 Å². The van der Waals surface area contributed by atoms with Gasteiger partial charge in [-0.2, -0.15) is 0 Å². The van der Waals surface area contributed by atoms with Gasteiger partial charge in [0, 0.05) is 12.1 Å². The Hall–Kier alpha value is -1.79. The molecular weight excluding hydrogens is 382 g/mol. The van der Waals surface area contributed by atoms with Gasteiger partial charge in [-0.3, -0.25) is 9.69 Å². The van der Waals surface area contributed by atoms with E-state index in [0.29, 0.717) is 6.61 Å². The molecule has 2 aliphatic rings. The van der Waals surface area contributed by atoms with Gasteiger partial charge in [0.1, 0.15) is 6.04 Å². The maximum absolute atomic E-state index is 13.5. The van der Waals surface area contributed by atoms with Crippen molar-refractivity contribution in [2.45, 2.75) is 110 Å². The van der Waals surface area contributed by atoms with Crippen molar-refractivity contribution in [3.8, 4) is 0 Å². The number of urea groups is 1. The Bertz CT molecular complexity index is 567. The number of nitrogens with zero attached hydrogens (tertiary/aromatic N) is 1. The van der Waals surface area contributed by atoms with E-state index in [1.165, 1.54) is 11.3 Å². The number of ether oxygens (including phenoxy) is 1. The number of hydrogen-bond acceptors (Lipinski definition) is 4. The summed E-state index contributed by atoms with van der Waals surface area (Å²) in [5.41, 5.74) is 0. The molecule has 0 spiro atoms. The number of imide groups is 1. The molecule has 0 aliphatic heterocycles. The molecule has 4 amide bonds. The summed E-state index contributed by atoms with van der Waals surface area (Å²) in [5.74, 6) is -0.270. The highest BCUT2D eigenvalue weighted by molar-refractivity contribution is 5.99. The zero-order valence-electron chi connectivity index (χ0n) is 19.2. The van der Waals surface area contributed by atoms with Crippen molar-refractivity contribution in [2.24, 2.45) is 11.8 Å². The monoisotopic (exact) mass is 423 g/mol. The third kappa shape index (κ3) is 7.47. The summed E-state index contributed by atoms with van der Waals surface area (Å²) in [6.07, 6.45) is 9.57. The van der Waals surface area contributed by atoms with Crippen LogP contribution in [0, 0.1) is 11.8 Å². The van der Waals surface area contributed by atoms with Crippen molar-refractivity contribution in [2.75, 3.05) is 6.61 Å². The van der Waals surface area contributed by atoms with Crippen LogP contribution >= 0.6 is 0 Å². The van der Waals surface area contributed by atoms with E-state index in [-0.39, 0.29) is 35.9 Å². The highest BCUT2D eigenvalue weighted by Gasteiger charge is 2.38. The minimum absolute atomic E-state index is 0.107. The maximum Gasteiger partial charge on any atom is 0.407 e. The smallest absolute Gasteiger partial charge is 0.407 e. The average molecular weight is 424 g/mol. The lowest BCUT2D eigenvalue weighted by molar-refractivity contribution is -0.133. The van der Waals surface area contributed by atoms with E-state index in [1.54, 1.807) is 0 Å². The summed E-state index contributed by atoms with van der Waals surface area (Å²) in [6.45, 7) is 7.96. The van der Waals surface area contributed by atoms with Gasteiger partial charge in [0.2, 0.25) is 0 Å². The predicted molar refractivity (Wildman–Crippen MR) is 117 cm³/mol. The molecule has 0 bridgehead atoms. The third-order valence-electron chi connectivity index (χ3n) is 6.08. The van der Waals surface area contributed by atoms with Crippen LogP contribution < -0.4 is 10.6 Å². The normalized spacial score (nSPS) is 19.4. The summed E-state index contributed by atoms with van der Waals surface area (Å²) in [6, 6.07) is -1.07. The second kappa shape index (κ2) is 12.2. The van der Waals surface area contributed by atoms with Crippen molar-refractivity contribution in [1.29, 1.82) is 0 Å². The lowest BCUT2D eigenvalue weighted by Gasteiger charge is -2.37. The molecule has 0 unspecified atom stereocenters. The molecule has 2 aliphatic carbocycles. The van der Waals surface area contributed by atoms with Crippen LogP contribution in [0.3, 0.4) is 0 Å². The largest absolute Gasteiger partial charge is 0.449 e. The quantitative estimate of drug-likeness (QED) is 0.626. The summed E-state index contributed by atoms with van der Waals surface area (Å²) < 4.78 is 5.22. The van der Waals surface area contributed by atoms with Crippen molar-refractivity contribution < 1.29 is 19.1 Å². The van der Waals surface area contributed by atoms with Crippen LogP contribution in [0.15, 0.2) is 0 Å². The van der Waals surface area contributed by atoms with Crippen LogP contribution in [0.1, 0.15) is 91.9 Å². The number of nitrogens with one attached hydrogen (secondary N) is 2. The summed E-state index contributed by atoms with van der Waals surface area (Å²) in [5, 5.41) is 5.82. The molecule has 0 aromatic carbocycles.